The van der Waals surface area contributed by atoms with Crippen molar-refractivity contribution in [2.45, 2.75) is 38.8 Å². The van der Waals surface area contributed by atoms with E-state index in [1.54, 1.807) is 0 Å². The number of anilines is 1. The van der Waals surface area contributed by atoms with E-state index in [2.05, 4.69) is 37.3 Å². The highest BCUT2D eigenvalue weighted by Gasteiger charge is 2.10. The van der Waals surface area contributed by atoms with Gasteiger partial charge in [-0.25, -0.2) is 0 Å². The molecule has 2 atom stereocenters. The van der Waals surface area contributed by atoms with Crippen LogP contribution in [0.15, 0.2) is 24.3 Å². The molecular formula is C15H25NOS. The summed E-state index contributed by atoms with van der Waals surface area (Å²) in [6.45, 7) is 4.25. The predicted molar refractivity (Wildman–Crippen MR) is 82.6 cm³/mol. The van der Waals surface area contributed by atoms with Crippen LogP contribution in [0.3, 0.4) is 0 Å². The van der Waals surface area contributed by atoms with E-state index in [1.807, 2.05) is 30.8 Å². The third-order valence-electron chi connectivity index (χ3n) is 3.47. The largest absolute Gasteiger partial charge is 0.388 e. The van der Waals surface area contributed by atoms with Gasteiger partial charge in [-0.1, -0.05) is 19.1 Å². The van der Waals surface area contributed by atoms with Crippen LogP contribution in [0.4, 0.5) is 5.69 Å². The van der Waals surface area contributed by atoms with Gasteiger partial charge in [0.2, 0.25) is 0 Å². The third-order valence-corrected chi connectivity index (χ3v) is 4.12. The van der Waals surface area contributed by atoms with Crippen LogP contribution < -0.4 is 4.90 Å². The number of hydrogen-bond donors (Lipinski definition) is 1. The first-order valence-electron chi connectivity index (χ1n) is 6.60. The first kappa shape index (κ1) is 15.4. The number of rotatable bonds is 7. The summed E-state index contributed by atoms with van der Waals surface area (Å²) in [6.07, 6.45) is 3.77. The summed E-state index contributed by atoms with van der Waals surface area (Å²) < 4.78 is 0. The van der Waals surface area contributed by atoms with Gasteiger partial charge in [-0.15, -0.1) is 0 Å². The fourth-order valence-electron chi connectivity index (χ4n) is 1.90. The lowest BCUT2D eigenvalue weighted by atomic mass is 10.1. The monoisotopic (exact) mass is 267 g/mol. The minimum atomic E-state index is -0.335. The molecule has 0 aliphatic heterocycles. The molecule has 0 radical (unpaired) electrons. The molecule has 0 saturated heterocycles. The molecule has 3 heteroatoms. The van der Waals surface area contributed by atoms with E-state index in [0.717, 1.165) is 12.0 Å². The zero-order valence-electron chi connectivity index (χ0n) is 11.9. The van der Waals surface area contributed by atoms with E-state index >= 15 is 0 Å². The minimum Gasteiger partial charge on any atom is -0.388 e. The highest BCUT2D eigenvalue weighted by Crippen LogP contribution is 2.22. The molecule has 1 N–H and O–H groups in total. The molecule has 0 heterocycles. The molecule has 0 bridgehead atoms. The Morgan fingerprint density at radius 2 is 1.89 bits per heavy atom. The van der Waals surface area contributed by atoms with Gasteiger partial charge in [0.05, 0.1) is 6.10 Å². The Balaban J connectivity index is 2.66. The van der Waals surface area contributed by atoms with Gasteiger partial charge in [0.25, 0.3) is 0 Å². The highest BCUT2D eigenvalue weighted by molar-refractivity contribution is 7.98. The molecule has 1 rings (SSSR count). The van der Waals surface area contributed by atoms with Crippen molar-refractivity contribution in [1.82, 2.24) is 0 Å². The van der Waals surface area contributed by atoms with Crippen molar-refractivity contribution in [3.8, 4) is 0 Å². The van der Waals surface area contributed by atoms with Crippen molar-refractivity contribution < 1.29 is 5.11 Å². The first-order chi connectivity index (χ1) is 8.60. The van der Waals surface area contributed by atoms with Gasteiger partial charge in [-0.05, 0) is 49.5 Å². The van der Waals surface area contributed by atoms with E-state index in [4.69, 9.17) is 0 Å². The maximum atomic E-state index is 9.77. The summed E-state index contributed by atoms with van der Waals surface area (Å²) in [7, 11) is 2.14. The van der Waals surface area contributed by atoms with Gasteiger partial charge < -0.3 is 10.0 Å². The molecule has 0 fully saturated rings. The number of benzene rings is 1. The number of aliphatic hydroxyl groups excluding tert-OH is 1. The quantitative estimate of drug-likeness (QED) is 0.814. The van der Waals surface area contributed by atoms with E-state index in [9.17, 15) is 5.11 Å². The normalized spacial score (nSPS) is 14.3. The van der Waals surface area contributed by atoms with Crippen LogP contribution in [0, 0.1) is 0 Å². The van der Waals surface area contributed by atoms with E-state index in [0.29, 0.717) is 6.04 Å². The smallest absolute Gasteiger partial charge is 0.0787 e. The van der Waals surface area contributed by atoms with Crippen molar-refractivity contribution in [2.24, 2.45) is 0 Å². The minimum absolute atomic E-state index is 0.335. The molecule has 1 aromatic rings. The molecule has 0 saturated carbocycles. The second-order valence-corrected chi connectivity index (χ2v) is 5.74. The molecule has 0 aromatic heterocycles. The molecule has 18 heavy (non-hydrogen) atoms. The Labute approximate surface area is 115 Å². The highest BCUT2D eigenvalue weighted by atomic mass is 32.2. The average Bonchev–Trinajstić information content (AvgIpc) is 2.43. The summed E-state index contributed by atoms with van der Waals surface area (Å²) in [5, 5.41) is 9.77. The summed E-state index contributed by atoms with van der Waals surface area (Å²) in [5.41, 5.74) is 2.22. The van der Waals surface area contributed by atoms with Crippen molar-refractivity contribution in [3.63, 3.8) is 0 Å². The van der Waals surface area contributed by atoms with E-state index in [1.165, 1.54) is 17.9 Å². The van der Waals surface area contributed by atoms with Crippen molar-refractivity contribution in [2.75, 3.05) is 24.0 Å². The first-order valence-corrected chi connectivity index (χ1v) is 7.99. The summed E-state index contributed by atoms with van der Waals surface area (Å²) in [4.78, 5) is 2.30. The lowest BCUT2D eigenvalue weighted by molar-refractivity contribution is 0.173. The van der Waals surface area contributed by atoms with Crippen LogP contribution in [0.2, 0.25) is 0 Å². The topological polar surface area (TPSA) is 23.5 Å². The van der Waals surface area contributed by atoms with Gasteiger partial charge in [-0.2, -0.15) is 11.8 Å². The van der Waals surface area contributed by atoms with Crippen molar-refractivity contribution >= 4 is 17.4 Å². The molecule has 0 aliphatic rings. The van der Waals surface area contributed by atoms with Gasteiger partial charge in [0, 0.05) is 18.8 Å². The number of hydrogen-bond acceptors (Lipinski definition) is 3. The predicted octanol–water partition coefficient (Wildman–Crippen LogP) is 3.71. The number of aliphatic hydroxyl groups is 1. The molecule has 0 aliphatic carbocycles. The Bertz CT molecular complexity index is 339. The molecule has 2 nitrogen and oxygen atoms in total. The van der Waals surface area contributed by atoms with Crippen LogP contribution in [-0.2, 0) is 0 Å². The molecule has 2 unspecified atom stereocenters. The maximum absolute atomic E-state index is 9.77. The van der Waals surface area contributed by atoms with E-state index in [-0.39, 0.29) is 6.10 Å². The third kappa shape index (κ3) is 4.21. The Morgan fingerprint density at radius 3 is 2.39 bits per heavy atom. The second kappa shape index (κ2) is 7.70. The Morgan fingerprint density at radius 1 is 1.28 bits per heavy atom. The summed E-state index contributed by atoms with van der Waals surface area (Å²) in [6, 6.07) is 8.80. The summed E-state index contributed by atoms with van der Waals surface area (Å²) in [5.74, 6) is 1.19. The molecule has 0 spiro atoms. The lowest BCUT2D eigenvalue weighted by Gasteiger charge is -2.27. The molecule has 0 amide bonds. The average molecular weight is 267 g/mol. The van der Waals surface area contributed by atoms with Gasteiger partial charge in [0.1, 0.15) is 0 Å². The zero-order chi connectivity index (χ0) is 13.5. The SMILES string of the molecule is CCC(O)c1ccc(N(C)C(C)CCSC)cc1. The molecule has 1 aromatic carbocycles. The lowest BCUT2D eigenvalue weighted by Crippen LogP contribution is -2.29. The zero-order valence-corrected chi connectivity index (χ0v) is 12.7. The van der Waals surface area contributed by atoms with Crippen molar-refractivity contribution in [3.05, 3.63) is 29.8 Å². The van der Waals surface area contributed by atoms with E-state index < -0.39 is 0 Å². The summed E-state index contributed by atoms with van der Waals surface area (Å²) >= 11 is 1.89. The van der Waals surface area contributed by atoms with Crippen LogP contribution >= 0.6 is 11.8 Å². The number of nitrogens with zero attached hydrogens (tertiary/aromatic N) is 1. The van der Waals surface area contributed by atoms with Crippen LogP contribution in [0.5, 0.6) is 0 Å². The Kier molecular flexibility index (Phi) is 6.58. The fourth-order valence-corrected chi connectivity index (χ4v) is 2.48. The van der Waals surface area contributed by atoms with Crippen LogP contribution in [-0.4, -0.2) is 30.2 Å². The van der Waals surface area contributed by atoms with Crippen molar-refractivity contribution in [1.29, 1.82) is 0 Å². The van der Waals surface area contributed by atoms with Crippen LogP contribution in [0.25, 0.3) is 0 Å². The fraction of sp³-hybridized carbons (Fsp3) is 0.600. The van der Waals surface area contributed by atoms with Gasteiger partial charge >= 0.3 is 0 Å². The Hall–Kier alpha value is -0.670. The second-order valence-electron chi connectivity index (χ2n) is 4.76. The standard InChI is InChI=1S/C15H25NOS/c1-5-15(17)13-6-8-14(9-7-13)16(3)12(2)10-11-18-4/h6-9,12,15,17H,5,10-11H2,1-4H3. The van der Waals surface area contributed by atoms with Crippen LogP contribution in [0.1, 0.15) is 38.4 Å². The maximum Gasteiger partial charge on any atom is 0.0787 e. The van der Waals surface area contributed by atoms with Gasteiger partial charge in [0.15, 0.2) is 0 Å². The number of thioether (sulfide) groups is 1. The molecular weight excluding hydrogens is 242 g/mol. The molecule has 102 valence electrons. The van der Waals surface area contributed by atoms with Gasteiger partial charge in [-0.3, -0.25) is 0 Å².